The summed E-state index contributed by atoms with van der Waals surface area (Å²) < 4.78 is 0. The lowest BCUT2D eigenvalue weighted by Gasteiger charge is -2.19. The molecule has 0 aliphatic rings. The number of rotatable bonds is 6. The van der Waals surface area contributed by atoms with Crippen molar-refractivity contribution in [3.8, 4) is 0 Å². The van der Waals surface area contributed by atoms with E-state index in [1.54, 1.807) is 6.20 Å². The molecule has 5 heteroatoms. The van der Waals surface area contributed by atoms with Crippen molar-refractivity contribution >= 4 is 11.5 Å². The van der Waals surface area contributed by atoms with Crippen LogP contribution in [0.2, 0.25) is 0 Å². The van der Waals surface area contributed by atoms with E-state index >= 15 is 0 Å². The van der Waals surface area contributed by atoms with Crippen molar-refractivity contribution in [2.24, 2.45) is 0 Å². The third-order valence-electron chi connectivity index (χ3n) is 3.14. The maximum atomic E-state index is 4.48. The molecule has 2 aromatic heterocycles. The predicted molar refractivity (Wildman–Crippen MR) is 81.9 cm³/mol. The van der Waals surface area contributed by atoms with Crippen molar-refractivity contribution in [1.29, 1.82) is 0 Å². The first-order valence-electron chi connectivity index (χ1n) is 6.96. The molecule has 0 amide bonds. The van der Waals surface area contributed by atoms with E-state index in [4.69, 9.17) is 0 Å². The molecule has 0 saturated heterocycles. The molecule has 5 nitrogen and oxygen atoms in total. The van der Waals surface area contributed by atoms with Gasteiger partial charge in [0.05, 0.1) is 24.1 Å². The van der Waals surface area contributed by atoms with Crippen LogP contribution in [0, 0.1) is 6.92 Å². The van der Waals surface area contributed by atoms with Crippen LogP contribution in [0.4, 0.5) is 11.5 Å². The number of nitrogens with zero attached hydrogens (tertiary/aromatic N) is 4. The average molecular weight is 271 g/mol. The normalized spacial score (nSPS) is 10.3. The zero-order valence-electron chi connectivity index (χ0n) is 12.3. The zero-order valence-corrected chi connectivity index (χ0v) is 12.3. The van der Waals surface area contributed by atoms with Crippen molar-refractivity contribution in [3.63, 3.8) is 0 Å². The van der Waals surface area contributed by atoms with Gasteiger partial charge in [-0.15, -0.1) is 0 Å². The molecule has 0 fully saturated rings. The van der Waals surface area contributed by atoms with Gasteiger partial charge in [0.15, 0.2) is 0 Å². The molecule has 0 aliphatic carbocycles. The van der Waals surface area contributed by atoms with Crippen LogP contribution >= 0.6 is 0 Å². The van der Waals surface area contributed by atoms with Gasteiger partial charge in [0.25, 0.3) is 0 Å². The van der Waals surface area contributed by atoms with Gasteiger partial charge in [0.1, 0.15) is 11.6 Å². The quantitative estimate of drug-likeness (QED) is 0.875. The molecular weight excluding hydrogens is 250 g/mol. The summed E-state index contributed by atoms with van der Waals surface area (Å²) in [6.07, 6.45) is 3.64. The molecule has 106 valence electrons. The minimum Gasteiger partial charge on any atom is -0.378 e. The molecule has 0 radical (unpaired) electrons. The Bertz CT molecular complexity index is 534. The second kappa shape index (κ2) is 6.84. The molecule has 0 aliphatic heterocycles. The maximum Gasteiger partial charge on any atom is 0.128 e. The highest BCUT2D eigenvalue weighted by Gasteiger charge is 2.03. The fourth-order valence-corrected chi connectivity index (χ4v) is 2.02. The Morgan fingerprint density at radius 1 is 1.10 bits per heavy atom. The monoisotopic (exact) mass is 271 g/mol. The van der Waals surface area contributed by atoms with Gasteiger partial charge in [0.2, 0.25) is 0 Å². The minimum atomic E-state index is 0.676. The summed E-state index contributed by atoms with van der Waals surface area (Å²) in [5, 5.41) is 3.32. The van der Waals surface area contributed by atoms with E-state index in [2.05, 4.69) is 45.1 Å². The van der Waals surface area contributed by atoms with Gasteiger partial charge < -0.3 is 10.2 Å². The first-order chi connectivity index (χ1) is 9.72. The van der Waals surface area contributed by atoms with Crippen LogP contribution in [0.5, 0.6) is 0 Å². The Hall–Kier alpha value is -2.17. The molecule has 2 heterocycles. The number of hydrogen-bond donors (Lipinski definition) is 1. The molecule has 0 spiro atoms. The summed E-state index contributed by atoms with van der Waals surface area (Å²) in [6.45, 7) is 8.77. The first-order valence-corrected chi connectivity index (χ1v) is 6.96. The highest BCUT2D eigenvalue weighted by atomic mass is 15.2. The molecule has 1 N–H and O–H groups in total. The first kappa shape index (κ1) is 14.2. The Morgan fingerprint density at radius 2 is 1.90 bits per heavy atom. The third-order valence-corrected chi connectivity index (χ3v) is 3.14. The van der Waals surface area contributed by atoms with Gasteiger partial charge in [-0.2, -0.15) is 0 Å². The molecule has 0 bridgehead atoms. The number of anilines is 2. The summed E-state index contributed by atoms with van der Waals surface area (Å²) in [5.41, 5.74) is 1.97. The van der Waals surface area contributed by atoms with Crippen LogP contribution in [0.25, 0.3) is 0 Å². The van der Waals surface area contributed by atoms with Gasteiger partial charge in [-0.05, 0) is 39.0 Å². The van der Waals surface area contributed by atoms with Gasteiger partial charge in [-0.25, -0.2) is 15.0 Å². The molecular formula is C15H21N5. The molecule has 0 saturated carbocycles. The summed E-state index contributed by atoms with van der Waals surface area (Å²) >= 11 is 0. The maximum absolute atomic E-state index is 4.48. The van der Waals surface area contributed by atoms with E-state index in [9.17, 15) is 0 Å². The lowest BCUT2D eigenvalue weighted by Crippen LogP contribution is -2.22. The van der Waals surface area contributed by atoms with Crippen LogP contribution in [-0.2, 0) is 6.54 Å². The van der Waals surface area contributed by atoms with Crippen molar-refractivity contribution in [2.45, 2.75) is 27.3 Å². The van der Waals surface area contributed by atoms with Gasteiger partial charge in [-0.3, -0.25) is 0 Å². The van der Waals surface area contributed by atoms with Crippen molar-refractivity contribution in [2.75, 3.05) is 23.3 Å². The average Bonchev–Trinajstić information content (AvgIpc) is 2.48. The Balaban J connectivity index is 1.97. The van der Waals surface area contributed by atoms with Crippen LogP contribution in [0.1, 0.15) is 25.4 Å². The standard InChI is InChI=1S/C15H21N5/c1-4-20(5-2)15-7-6-13(10-18-15)17-11-14-8-9-16-12(3)19-14/h6-10,17H,4-5,11H2,1-3H3. The van der Waals surface area contributed by atoms with Crippen LogP contribution in [0.15, 0.2) is 30.6 Å². The number of hydrogen-bond acceptors (Lipinski definition) is 5. The lowest BCUT2D eigenvalue weighted by atomic mass is 10.3. The fourth-order valence-electron chi connectivity index (χ4n) is 2.02. The SMILES string of the molecule is CCN(CC)c1ccc(NCc2ccnc(C)n2)cn1. The van der Waals surface area contributed by atoms with E-state index in [1.165, 1.54) is 0 Å². The highest BCUT2D eigenvalue weighted by Crippen LogP contribution is 2.14. The van der Waals surface area contributed by atoms with Crippen LogP contribution < -0.4 is 10.2 Å². The second-order valence-electron chi connectivity index (χ2n) is 4.53. The molecule has 0 atom stereocenters. The third kappa shape index (κ3) is 3.66. The Labute approximate surface area is 120 Å². The molecule has 0 unspecified atom stereocenters. The number of aromatic nitrogens is 3. The largest absolute Gasteiger partial charge is 0.378 e. The lowest BCUT2D eigenvalue weighted by molar-refractivity contribution is 0.846. The highest BCUT2D eigenvalue weighted by molar-refractivity contribution is 5.48. The van der Waals surface area contributed by atoms with E-state index < -0.39 is 0 Å². The van der Waals surface area contributed by atoms with Crippen molar-refractivity contribution in [1.82, 2.24) is 15.0 Å². The zero-order chi connectivity index (χ0) is 14.4. The van der Waals surface area contributed by atoms with Crippen LogP contribution in [0.3, 0.4) is 0 Å². The van der Waals surface area contributed by atoms with Gasteiger partial charge in [0, 0.05) is 19.3 Å². The van der Waals surface area contributed by atoms with Gasteiger partial charge in [-0.1, -0.05) is 0 Å². The minimum absolute atomic E-state index is 0.676. The molecule has 2 rings (SSSR count). The summed E-state index contributed by atoms with van der Waals surface area (Å²) in [6, 6.07) is 6.01. The number of nitrogens with one attached hydrogen (secondary N) is 1. The summed E-state index contributed by atoms with van der Waals surface area (Å²) in [5.74, 6) is 1.80. The Kier molecular flexibility index (Phi) is 4.87. The number of aryl methyl sites for hydroxylation is 1. The summed E-state index contributed by atoms with van der Waals surface area (Å²) in [7, 11) is 0. The molecule has 0 aromatic carbocycles. The smallest absolute Gasteiger partial charge is 0.128 e. The Morgan fingerprint density at radius 3 is 2.50 bits per heavy atom. The van der Waals surface area contributed by atoms with E-state index in [0.717, 1.165) is 36.1 Å². The van der Waals surface area contributed by atoms with Crippen molar-refractivity contribution in [3.05, 3.63) is 42.1 Å². The van der Waals surface area contributed by atoms with E-state index in [0.29, 0.717) is 6.54 Å². The molecule has 20 heavy (non-hydrogen) atoms. The van der Waals surface area contributed by atoms with Crippen LogP contribution in [-0.4, -0.2) is 28.0 Å². The number of pyridine rings is 1. The van der Waals surface area contributed by atoms with Crippen molar-refractivity contribution < 1.29 is 0 Å². The van der Waals surface area contributed by atoms with E-state index in [-0.39, 0.29) is 0 Å². The second-order valence-corrected chi connectivity index (χ2v) is 4.53. The fraction of sp³-hybridized carbons (Fsp3) is 0.400. The molecule has 2 aromatic rings. The van der Waals surface area contributed by atoms with E-state index in [1.807, 2.05) is 25.3 Å². The summed E-state index contributed by atoms with van der Waals surface area (Å²) in [4.78, 5) is 15.1. The predicted octanol–water partition coefficient (Wildman–Crippen LogP) is 2.64. The topological polar surface area (TPSA) is 53.9 Å². The van der Waals surface area contributed by atoms with Gasteiger partial charge >= 0.3 is 0 Å².